The van der Waals surface area contributed by atoms with Crippen LogP contribution in [0.25, 0.3) is 0 Å². The molecule has 0 saturated carbocycles. The number of hydrogen-bond acceptors (Lipinski definition) is 6. The molecule has 0 aliphatic rings. The van der Waals surface area contributed by atoms with Gasteiger partial charge >= 0.3 is 0 Å². The Bertz CT molecular complexity index is 792. The minimum Gasteiger partial charge on any atom is -0.398 e. The number of aromatic nitrogens is 1. The summed E-state index contributed by atoms with van der Waals surface area (Å²) >= 11 is 1.23. The predicted octanol–water partition coefficient (Wildman–Crippen LogP) is 1.24. The van der Waals surface area contributed by atoms with E-state index in [0.717, 1.165) is 10.6 Å². The number of aryl methyl sites for hydroxylation is 2. The van der Waals surface area contributed by atoms with Gasteiger partial charge in [-0.3, -0.25) is 9.52 Å². The van der Waals surface area contributed by atoms with Crippen molar-refractivity contribution < 1.29 is 13.2 Å². The highest BCUT2D eigenvalue weighted by Crippen LogP contribution is 2.26. The van der Waals surface area contributed by atoms with Crippen molar-refractivity contribution in [2.75, 3.05) is 10.5 Å². The first-order valence-electron chi connectivity index (χ1n) is 5.87. The summed E-state index contributed by atoms with van der Waals surface area (Å²) in [7, 11) is -3.87. The van der Waals surface area contributed by atoms with Crippen molar-refractivity contribution in [3.8, 4) is 0 Å². The normalized spacial score (nSPS) is 11.3. The van der Waals surface area contributed by atoms with Crippen LogP contribution in [0.5, 0.6) is 0 Å². The summed E-state index contributed by atoms with van der Waals surface area (Å²) in [4.78, 5) is 15.9. The van der Waals surface area contributed by atoms with Gasteiger partial charge < -0.3 is 11.5 Å². The number of anilines is 2. The van der Waals surface area contributed by atoms with Gasteiger partial charge in [-0.1, -0.05) is 0 Å². The molecule has 0 radical (unpaired) electrons. The molecule has 0 saturated heterocycles. The lowest BCUT2D eigenvalue weighted by Crippen LogP contribution is -2.16. The van der Waals surface area contributed by atoms with E-state index >= 15 is 0 Å². The number of thiazole rings is 1. The van der Waals surface area contributed by atoms with Gasteiger partial charge in [0.15, 0.2) is 5.13 Å². The summed E-state index contributed by atoms with van der Waals surface area (Å²) in [6.45, 7) is 3.64. The summed E-state index contributed by atoms with van der Waals surface area (Å²) in [6.07, 6.45) is 0. The summed E-state index contributed by atoms with van der Waals surface area (Å²) in [6, 6.07) is 3.78. The molecule has 7 nitrogen and oxygen atoms in total. The highest BCUT2D eigenvalue weighted by atomic mass is 32.2. The number of hydrogen-bond donors (Lipinski definition) is 3. The number of nitrogens with two attached hydrogens (primary N) is 2. The molecule has 0 spiro atoms. The van der Waals surface area contributed by atoms with Gasteiger partial charge in [0.25, 0.3) is 10.0 Å². The minimum atomic E-state index is -3.87. The first-order valence-corrected chi connectivity index (χ1v) is 8.17. The maximum absolute atomic E-state index is 12.3. The number of nitrogen functional groups attached to an aromatic ring is 1. The molecule has 0 aliphatic heterocycles. The van der Waals surface area contributed by atoms with E-state index in [4.69, 9.17) is 11.5 Å². The molecule has 0 atom stereocenters. The van der Waals surface area contributed by atoms with Crippen molar-refractivity contribution in [3.63, 3.8) is 0 Å². The molecule has 1 amide bonds. The van der Waals surface area contributed by atoms with Crippen molar-refractivity contribution in [1.29, 1.82) is 0 Å². The summed E-state index contributed by atoms with van der Waals surface area (Å²) < 4.78 is 26.9. The fourth-order valence-electron chi connectivity index (χ4n) is 1.63. The average molecular weight is 326 g/mol. The van der Waals surface area contributed by atoms with Gasteiger partial charge in [-0.15, -0.1) is 11.3 Å². The van der Waals surface area contributed by atoms with Crippen LogP contribution < -0.4 is 16.2 Å². The van der Waals surface area contributed by atoms with Crippen LogP contribution in [0.1, 0.15) is 20.9 Å². The van der Waals surface area contributed by atoms with Crippen LogP contribution in [0.4, 0.5) is 10.8 Å². The second-order valence-corrected chi connectivity index (χ2v) is 7.24. The van der Waals surface area contributed by atoms with Gasteiger partial charge in [0.2, 0.25) is 5.91 Å². The van der Waals surface area contributed by atoms with Crippen molar-refractivity contribution >= 4 is 38.1 Å². The summed E-state index contributed by atoms with van der Waals surface area (Å²) in [5.41, 5.74) is 11.7. The minimum absolute atomic E-state index is 0.0520. The Morgan fingerprint density at radius 1 is 1.33 bits per heavy atom. The molecule has 1 heterocycles. The van der Waals surface area contributed by atoms with E-state index in [-0.39, 0.29) is 21.3 Å². The number of nitrogens with zero attached hydrogens (tertiary/aromatic N) is 1. The number of rotatable bonds is 4. The van der Waals surface area contributed by atoms with Crippen molar-refractivity contribution in [3.05, 3.63) is 34.3 Å². The molecular weight excluding hydrogens is 312 g/mol. The smallest absolute Gasteiger partial charge is 0.265 e. The number of sulfonamides is 1. The first kappa shape index (κ1) is 15.3. The molecule has 0 bridgehead atoms. The van der Waals surface area contributed by atoms with E-state index < -0.39 is 15.9 Å². The van der Waals surface area contributed by atoms with Gasteiger partial charge in [0.05, 0.1) is 11.4 Å². The van der Waals surface area contributed by atoms with E-state index in [9.17, 15) is 13.2 Å². The zero-order chi connectivity index (χ0) is 15.8. The number of carbonyl (C=O) groups is 1. The number of nitrogens with one attached hydrogen (secondary N) is 1. The number of primary amides is 1. The van der Waals surface area contributed by atoms with Crippen LogP contribution in [0.3, 0.4) is 0 Å². The van der Waals surface area contributed by atoms with Gasteiger partial charge in [0, 0.05) is 10.4 Å². The van der Waals surface area contributed by atoms with Crippen molar-refractivity contribution in [1.82, 2.24) is 4.98 Å². The molecule has 2 aromatic rings. The van der Waals surface area contributed by atoms with Crippen LogP contribution in [-0.4, -0.2) is 19.3 Å². The number of benzene rings is 1. The Morgan fingerprint density at radius 2 is 2.00 bits per heavy atom. The van der Waals surface area contributed by atoms with E-state index in [2.05, 4.69) is 9.71 Å². The van der Waals surface area contributed by atoms with Gasteiger partial charge in [0.1, 0.15) is 4.90 Å². The van der Waals surface area contributed by atoms with Gasteiger partial charge in [-0.2, -0.15) is 0 Å². The second-order valence-electron chi connectivity index (χ2n) is 4.38. The summed E-state index contributed by atoms with van der Waals surface area (Å²) in [5, 5.41) is 0.267. The standard InChI is InChI=1S/C12H14N4O3S2/c1-6-7(2)20-12(15-6)16-21(18,19)10-4-3-8(11(14)17)5-9(10)13/h3-5H,13H2,1-2H3,(H2,14,17)(H,15,16). The van der Waals surface area contributed by atoms with Crippen LogP contribution in [0, 0.1) is 13.8 Å². The fraction of sp³-hybridized carbons (Fsp3) is 0.167. The van der Waals surface area contributed by atoms with Crippen LogP contribution in [-0.2, 0) is 10.0 Å². The van der Waals surface area contributed by atoms with E-state index in [0.29, 0.717) is 0 Å². The Kier molecular flexibility index (Phi) is 3.88. The quantitative estimate of drug-likeness (QED) is 0.728. The molecular formula is C12H14N4O3S2. The SMILES string of the molecule is Cc1nc(NS(=O)(=O)c2ccc(C(N)=O)cc2N)sc1C. The molecule has 0 aliphatic carbocycles. The highest BCUT2D eigenvalue weighted by Gasteiger charge is 2.20. The van der Waals surface area contributed by atoms with Gasteiger partial charge in [-0.25, -0.2) is 13.4 Å². The van der Waals surface area contributed by atoms with Gasteiger partial charge in [-0.05, 0) is 32.0 Å². The molecule has 21 heavy (non-hydrogen) atoms. The Morgan fingerprint density at radius 3 is 2.48 bits per heavy atom. The zero-order valence-electron chi connectivity index (χ0n) is 11.4. The topological polar surface area (TPSA) is 128 Å². The molecule has 5 N–H and O–H groups in total. The van der Waals surface area contributed by atoms with Crippen molar-refractivity contribution in [2.45, 2.75) is 18.7 Å². The van der Waals surface area contributed by atoms with Crippen LogP contribution in [0.2, 0.25) is 0 Å². The van der Waals surface area contributed by atoms with E-state index in [1.165, 1.54) is 29.5 Å². The molecule has 1 aromatic heterocycles. The third-order valence-electron chi connectivity index (χ3n) is 2.83. The fourth-order valence-corrected chi connectivity index (χ4v) is 3.80. The summed E-state index contributed by atoms with van der Waals surface area (Å²) in [5.74, 6) is -0.676. The third-order valence-corrected chi connectivity index (χ3v) is 5.36. The maximum atomic E-state index is 12.3. The Balaban J connectivity index is 2.37. The lowest BCUT2D eigenvalue weighted by atomic mass is 10.2. The zero-order valence-corrected chi connectivity index (χ0v) is 13.0. The lowest BCUT2D eigenvalue weighted by molar-refractivity contribution is 0.1000. The molecule has 9 heteroatoms. The molecule has 2 rings (SSSR count). The Hall–Kier alpha value is -2.13. The molecule has 112 valence electrons. The maximum Gasteiger partial charge on any atom is 0.265 e. The van der Waals surface area contributed by atoms with E-state index in [1.807, 2.05) is 6.92 Å². The first-order chi connectivity index (χ1) is 9.70. The average Bonchev–Trinajstić information content (AvgIpc) is 2.66. The molecule has 1 aromatic carbocycles. The Labute approximate surface area is 126 Å². The number of carbonyl (C=O) groups excluding carboxylic acids is 1. The van der Waals surface area contributed by atoms with Crippen LogP contribution >= 0.6 is 11.3 Å². The lowest BCUT2D eigenvalue weighted by Gasteiger charge is -2.08. The predicted molar refractivity (Wildman–Crippen MR) is 81.8 cm³/mol. The highest BCUT2D eigenvalue weighted by molar-refractivity contribution is 7.93. The third kappa shape index (κ3) is 3.14. The van der Waals surface area contributed by atoms with Crippen molar-refractivity contribution in [2.24, 2.45) is 5.73 Å². The van der Waals surface area contributed by atoms with Crippen LogP contribution in [0.15, 0.2) is 23.1 Å². The van der Waals surface area contributed by atoms with E-state index in [1.54, 1.807) is 6.92 Å². The number of amides is 1. The largest absolute Gasteiger partial charge is 0.398 e. The monoisotopic (exact) mass is 326 g/mol. The second kappa shape index (κ2) is 5.34. The molecule has 0 unspecified atom stereocenters. The molecule has 0 fully saturated rings.